The minimum atomic E-state index is -4.09. The molecule has 1 atom stereocenters. The van der Waals surface area contributed by atoms with Crippen LogP contribution in [0.15, 0.2) is 24.3 Å². The summed E-state index contributed by atoms with van der Waals surface area (Å²) in [5.74, 6) is -1.05. The van der Waals surface area contributed by atoms with Gasteiger partial charge in [-0.2, -0.15) is 17.0 Å². The number of carbonyl (C=O) groups is 3. The molecular formula is C26H39ClN4O7S. The lowest BCUT2D eigenvalue weighted by molar-refractivity contribution is -0.151. The number of hydrogen-bond donors (Lipinski definition) is 1. The molecule has 13 heteroatoms. The second-order valence-corrected chi connectivity index (χ2v) is 14.1. The van der Waals surface area contributed by atoms with Crippen molar-refractivity contribution in [3.05, 3.63) is 34.9 Å². The summed E-state index contributed by atoms with van der Waals surface area (Å²) in [6, 6.07) is 5.41. The lowest BCUT2D eigenvalue weighted by Gasteiger charge is -2.42. The van der Waals surface area contributed by atoms with Gasteiger partial charge in [0.1, 0.15) is 11.6 Å². The van der Waals surface area contributed by atoms with Gasteiger partial charge in [-0.1, -0.05) is 11.6 Å². The Labute approximate surface area is 235 Å². The molecule has 2 saturated heterocycles. The third-order valence-electron chi connectivity index (χ3n) is 6.32. The molecule has 2 fully saturated rings. The van der Waals surface area contributed by atoms with E-state index in [-0.39, 0.29) is 44.4 Å². The van der Waals surface area contributed by atoms with E-state index in [0.717, 1.165) is 4.31 Å². The van der Waals surface area contributed by atoms with Crippen LogP contribution >= 0.6 is 11.6 Å². The van der Waals surface area contributed by atoms with Gasteiger partial charge in [-0.25, -0.2) is 10.3 Å². The molecule has 3 rings (SSSR count). The smallest absolute Gasteiger partial charge is 0.410 e. The summed E-state index contributed by atoms with van der Waals surface area (Å²) >= 11 is 5.92. The summed E-state index contributed by atoms with van der Waals surface area (Å²) in [5.41, 5.74) is 1.43. The van der Waals surface area contributed by atoms with Gasteiger partial charge < -0.3 is 9.64 Å². The average Bonchev–Trinajstić information content (AvgIpc) is 2.85. The minimum Gasteiger partial charge on any atom is -0.444 e. The molecule has 1 N–H and O–H groups in total. The molecule has 0 aromatic heterocycles. The lowest BCUT2D eigenvalue weighted by Crippen LogP contribution is -2.64. The number of carbonyl (C=O) groups excluding carboxylic acids is 3. The van der Waals surface area contributed by atoms with Gasteiger partial charge in [0.25, 0.3) is 16.1 Å². The molecule has 0 aliphatic carbocycles. The number of Topliss-reactive ketones (excluding diaryl/α,β-unsaturated/α-hetero) is 1. The number of ketones is 1. The SMILES string of the molecule is CC(C)(C)ONC(=O)[C@H]1CN(C(=O)OC(C)(C)C)CCN1S(=O)(=O)N1CCC(C(=O)c2ccc(Cl)cc2)CC1. The van der Waals surface area contributed by atoms with Gasteiger partial charge in [-0.3, -0.25) is 14.4 Å². The van der Waals surface area contributed by atoms with Crippen LogP contribution in [0.2, 0.25) is 5.02 Å². The van der Waals surface area contributed by atoms with Crippen LogP contribution in [0, 0.1) is 5.92 Å². The van der Waals surface area contributed by atoms with Crippen molar-refractivity contribution in [1.82, 2.24) is 19.0 Å². The summed E-state index contributed by atoms with van der Waals surface area (Å²) in [6.07, 6.45) is 0.0705. The molecule has 2 aliphatic heterocycles. The molecule has 0 unspecified atom stereocenters. The first-order chi connectivity index (χ1) is 18.0. The van der Waals surface area contributed by atoms with Crippen molar-refractivity contribution in [3.63, 3.8) is 0 Å². The molecule has 0 bridgehead atoms. The van der Waals surface area contributed by atoms with Crippen molar-refractivity contribution in [2.45, 2.75) is 71.6 Å². The zero-order valence-electron chi connectivity index (χ0n) is 23.4. The van der Waals surface area contributed by atoms with Crippen LogP contribution in [0.1, 0.15) is 64.7 Å². The van der Waals surface area contributed by atoms with Crippen molar-refractivity contribution < 1.29 is 32.4 Å². The Balaban J connectivity index is 1.74. The van der Waals surface area contributed by atoms with Crippen molar-refractivity contribution in [3.8, 4) is 0 Å². The topological polar surface area (TPSA) is 126 Å². The Bertz CT molecular complexity index is 1150. The fourth-order valence-electron chi connectivity index (χ4n) is 4.37. The van der Waals surface area contributed by atoms with Gasteiger partial charge in [0.15, 0.2) is 5.78 Å². The third kappa shape index (κ3) is 8.37. The summed E-state index contributed by atoms with van der Waals surface area (Å²) in [6.45, 7) is 10.4. The first-order valence-electron chi connectivity index (χ1n) is 13.0. The maximum Gasteiger partial charge on any atom is 0.410 e. The molecule has 218 valence electrons. The number of nitrogens with one attached hydrogen (secondary N) is 1. The number of benzene rings is 1. The highest BCUT2D eigenvalue weighted by molar-refractivity contribution is 7.86. The second-order valence-electron chi connectivity index (χ2n) is 11.8. The van der Waals surface area contributed by atoms with E-state index in [4.69, 9.17) is 21.2 Å². The van der Waals surface area contributed by atoms with Gasteiger partial charge in [-0.05, 0) is 78.6 Å². The Morgan fingerprint density at radius 3 is 2.05 bits per heavy atom. The minimum absolute atomic E-state index is 0.0497. The number of amides is 2. The summed E-state index contributed by atoms with van der Waals surface area (Å²) in [5, 5.41) is 0.533. The second kappa shape index (κ2) is 12.1. The van der Waals surface area contributed by atoms with E-state index in [2.05, 4.69) is 5.48 Å². The molecule has 1 aromatic carbocycles. The summed E-state index contributed by atoms with van der Waals surface area (Å²) in [7, 11) is -4.09. The van der Waals surface area contributed by atoms with Crippen LogP contribution in [0.5, 0.6) is 0 Å². The van der Waals surface area contributed by atoms with Gasteiger partial charge in [0, 0.05) is 49.2 Å². The maximum absolute atomic E-state index is 13.7. The zero-order chi connectivity index (χ0) is 29.2. The normalized spacial score (nSPS) is 20.5. The van der Waals surface area contributed by atoms with Crippen molar-refractivity contribution in [2.24, 2.45) is 5.92 Å². The van der Waals surface area contributed by atoms with E-state index < -0.39 is 39.5 Å². The standard InChI is InChI=1S/C26H39ClN4O7S/c1-25(2,3)37-24(34)29-15-16-31(21(17-29)23(33)28-38-26(4,5)6)39(35,36)30-13-11-19(12-14-30)22(32)18-7-9-20(27)10-8-18/h7-10,19,21H,11-17H2,1-6H3,(H,28,33)/t21-/m1/s1. The zero-order valence-corrected chi connectivity index (χ0v) is 25.0. The molecule has 39 heavy (non-hydrogen) atoms. The van der Waals surface area contributed by atoms with E-state index in [1.54, 1.807) is 65.8 Å². The Kier molecular flexibility index (Phi) is 9.70. The first-order valence-corrected chi connectivity index (χ1v) is 14.8. The number of hydroxylamine groups is 1. The van der Waals surface area contributed by atoms with E-state index >= 15 is 0 Å². The Morgan fingerprint density at radius 2 is 1.51 bits per heavy atom. The first kappa shape index (κ1) is 31.3. The van der Waals surface area contributed by atoms with Gasteiger partial charge in [0.2, 0.25) is 0 Å². The highest BCUT2D eigenvalue weighted by Crippen LogP contribution is 2.27. The summed E-state index contributed by atoms with van der Waals surface area (Å²) in [4.78, 5) is 45.5. The van der Waals surface area contributed by atoms with Crippen LogP contribution in [-0.4, -0.2) is 89.7 Å². The highest BCUT2D eigenvalue weighted by atomic mass is 35.5. The molecule has 0 spiro atoms. The quantitative estimate of drug-likeness (QED) is 0.400. The highest BCUT2D eigenvalue weighted by Gasteiger charge is 2.45. The molecule has 11 nitrogen and oxygen atoms in total. The van der Waals surface area contributed by atoms with Crippen LogP contribution in [0.25, 0.3) is 0 Å². The largest absolute Gasteiger partial charge is 0.444 e. The van der Waals surface area contributed by atoms with Crippen molar-refractivity contribution in [1.29, 1.82) is 0 Å². The fraction of sp³-hybridized carbons (Fsp3) is 0.654. The molecular weight excluding hydrogens is 548 g/mol. The molecule has 2 aliphatic rings. The van der Waals surface area contributed by atoms with E-state index in [1.807, 2.05) is 0 Å². The number of rotatable bonds is 6. The number of halogens is 1. The average molecular weight is 587 g/mol. The monoisotopic (exact) mass is 586 g/mol. The predicted molar refractivity (Wildman–Crippen MR) is 146 cm³/mol. The van der Waals surface area contributed by atoms with Crippen LogP contribution < -0.4 is 5.48 Å². The van der Waals surface area contributed by atoms with Gasteiger partial charge in [-0.15, -0.1) is 0 Å². The number of hydrogen-bond acceptors (Lipinski definition) is 7. The van der Waals surface area contributed by atoms with E-state index in [1.165, 1.54) is 9.21 Å². The lowest BCUT2D eigenvalue weighted by atomic mass is 9.90. The van der Waals surface area contributed by atoms with Crippen LogP contribution in [0.3, 0.4) is 0 Å². The molecule has 2 amide bonds. The third-order valence-corrected chi connectivity index (χ3v) is 8.62. The number of ether oxygens (including phenoxy) is 1. The predicted octanol–water partition coefficient (Wildman–Crippen LogP) is 3.25. The summed E-state index contributed by atoms with van der Waals surface area (Å²) < 4.78 is 35.3. The van der Waals surface area contributed by atoms with E-state index in [0.29, 0.717) is 23.4 Å². The van der Waals surface area contributed by atoms with Crippen LogP contribution in [-0.2, 0) is 24.6 Å². The molecule has 0 radical (unpaired) electrons. The van der Waals surface area contributed by atoms with E-state index in [9.17, 15) is 22.8 Å². The van der Waals surface area contributed by atoms with Crippen molar-refractivity contribution in [2.75, 3.05) is 32.7 Å². The molecule has 0 saturated carbocycles. The number of nitrogens with zero attached hydrogens (tertiary/aromatic N) is 3. The maximum atomic E-state index is 13.7. The Morgan fingerprint density at radius 1 is 0.923 bits per heavy atom. The fourth-order valence-corrected chi connectivity index (χ4v) is 6.26. The van der Waals surface area contributed by atoms with Gasteiger partial charge in [0.05, 0.1) is 5.60 Å². The number of piperazine rings is 1. The van der Waals surface area contributed by atoms with Crippen molar-refractivity contribution >= 4 is 39.6 Å². The van der Waals surface area contributed by atoms with Gasteiger partial charge >= 0.3 is 6.09 Å². The Hall–Kier alpha value is -2.25. The number of piperidine rings is 1. The molecule has 1 aromatic rings. The van der Waals surface area contributed by atoms with Crippen LogP contribution in [0.4, 0.5) is 4.79 Å². The molecule has 2 heterocycles.